The van der Waals surface area contributed by atoms with E-state index in [2.05, 4.69) is 10.1 Å². The fourth-order valence-electron chi connectivity index (χ4n) is 1.03. The number of rotatable bonds is 3. The van der Waals surface area contributed by atoms with Gasteiger partial charge >= 0.3 is 0 Å². The summed E-state index contributed by atoms with van der Waals surface area (Å²) < 4.78 is 9.95. The van der Waals surface area contributed by atoms with Gasteiger partial charge < -0.3 is 8.94 Å². The molecule has 0 fully saturated rings. The third kappa shape index (κ3) is 1.71. The quantitative estimate of drug-likeness (QED) is 0.688. The van der Waals surface area contributed by atoms with Gasteiger partial charge in [0.05, 0.1) is 12.7 Å². The Morgan fingerprint density at radius 1 is 1.57 bits per heavy atom. The molecule has 0 bridgehead atoms. The van der Waals surface area contributed by atoms with Crippen LogP contribution in [0.5, 0.6) is 0 Å². The Balaban J connectivity index is 2.14. The van der Waals surface area contributed by atoms with Crippen LogP contribution in [0.4, 0.5) is 0 Å². The van der Waals surface area contributed by atoms with Crippen molar-refractivity contribution in [2.24, 2.45) is 0 Å². The Kier molecular flexibility index (Phi) is 2.14. The Hall–Kier alpha value is -1.91. The Morgan fingerprint density at radius 2 is 2.43 bits per heavy atom. The van der Waals surface area contributed by atoms with Crippen LogP contribution in [0, 0.1) is 0 Å². The first kappa shape index (κ1) is 8.68. The average molecular weight is 192 g/mol. The molecule has 0 N–H and O–H groups in total. The van der Waals surface area contributed by atoms with Gasteiger partial charge in [0.15, 0.2) is 0 Å². The van der Waals surface area contributed by atoms with Crippen LogP contribution < -0.4 is 0 Å². The topological polar surface area (TPSA) is 69.1 Å². The fraction of sp³-hybridized carbons (Fsp3) is 0.222. The average Bonchev–Trinajstić information content (AvgIpc) is 2.75. The highest BCUT2D eigenvalue weighted by Gasteiger charge is 2.11. The minimum absolute atomic E-state index is 0.103. The largest absolute Gasteiger partial charge is 0.469 e. The zero-order chi connectivity index (χ0) is 9.97. The molecular weight excluding hydrogens is 184 g/mol. The van der Waals surface area contributed by atoms with Gasteiger partial charge in [-0.3, -0.25) is 4.79 Å². The molecule has 0 unspecified atom stereocenters. The van der Waals surface area contributed by atoms with Crippen LogP contribution in [0.25, 0.3) is 0 Å². The molecule has 5 heteroatoms. The summed E-state index contributed by atoms with van der Waals surface area (Å²) in [6.45, 7) is 1.39. The predicted octanol–water partition coefficient (Wildman–Crippen LogP) is 1.46. The van der Waals surface area contributed by atoms with E-state index in [9.17, 15) is 4.79 Å². The molecule has 72 valence electrons. The summed E-state index contributed by atoms with van der Waals surface area (Å²) in [7, 11) is 0. The first-order valence-electron chi connectivity index (χ1n) is 4.11. The van der Waals surface area contributed by atoms with Crippen LogP contribution in [0.3, 0.4) is 0 Å². The highest BCUT2D eigenvalue weighted by Crippen LogP contribution is 2.07. The third-order valence-electron chi connectivity index (χ3n) is 1.69. The monoisotopic (exact) mass is 192 g/mol. The van der Waals surface area contributed by atoms with Crippen molar-refractivity contribution in [3.8, 4) is 0 Å². The summed E-state index contributed by atoms with van der Waals surface area (Å²) in [5.74, 6) is 1.000. The number of nitrogens with zero attached hydrogens (tertiary/aromatic N) is 2. The van der Waals surface area contributed by atoms with Crippen LogP contribution in [-0.4, -0.2) is 15.9 Å². The molecule has 2 heterocycles. The second kappa shape index (κ2) is 3.45. The highest BCUT2D eigenvalue weighted by molar-refractivity contribution is 5.89. The summed E-state index contributed by atoms with van der Waals surface area (Å²) in [5, 5.41) is 3.52. The van der Waals surface area contributed by atoms with E-state index in [1.807, 2.05) is 0 Å². The van der Waals surface area contributed by atoms with Crippen molar-refractivity contribution in [2.75, 3.05) is 0 Å². The van der Waals surface area contributed by atoms with Gasteiger partial charge in [-0.15, -0.1) is 0 Å². The van der Waals surface area contributed by atoms with E-state index in [1.165, 1.54) is 6.92 Å². The molecule has 2 rings (SSSR count). The van der Waals surface area contributed by atoms with Crippen LogP contribution in [0.2, 0.25) is 0 Å². The molecule has 0 aliphatic heterocycles. The van der Waals surface area contributed by atoms with E-state index >= 15 is 0 Å². The standard InChI is InChI=1S/C9H8N2O3/c1-6(12)9-10-8(14-11-9)5-7-3-2-4-13-7/h2-4H,5H2,1H3. The fourth-order valence-corrected chi connectivity index (χ4v) is 1.03. The smallest absolute Gasteiger partial charge is 0.238 e. The highest BCUT2D eigenvalue weighted by atomic mass is 16.5. The minimum atomic E-state index is -0.209. The van der Waals surface area contributed by atoms with Gasteiger partial charge in [-0.1, -0.05) is 5.16 Å². The molecule has 0 amide bonds. The molecule has 0 aromatic carbocycles. The second-order valence-electron chi connectivity index (χ2n) is 2.82. The van der Waals surface area contributed by atoms with Gasteiger partial charge in [0.25, 0.3) is 0 Å². The molecule has 2 aromatic heterocycles. The van der Waals surface area contributed by atoms with E-state index in [0.29, 0.717) is 12.3 Å². The van der Waals surface area contributed by atoms with E-state index in [-0.39, 0.29) is 11.6 Å². The Bertz CT molecular complexity index is 431. The number of furan rings is 1. The lowest BCUT2D eigenvalue weighted by molar-refractivity contribution is 0.100. The summed E-state index contributed by atoms with van der Waals surface area (Å²) >= 11 is 0. The SMILES string of the molecule is CC(=O)c1noc(Cc2ccco2)n1. The molecule has 14 heavy (non-hydrogen) atoms. The molecule has 2 aromatic rings. The molecule has 0 aliphatic carbocycles. The number of carbonyl (C=O) groups is 1. The molecule has 0 radical (unpaired) electrons. The maximum atomic E-state index is 10.9. The summed E-state index contributed by atoms with van der Waals surface area (Å²) in [5.41, 5.74) is 0. The molecule has 0 atom stereocenters. The lowest BCUT2D eigenvalue weighted by Crippen LogP contribution is -1.95. The Labute approximate surface area is 79.7 Å². The van der Waals surface area contributed by atoms with Gasteiger partial charge in [-0.05, 0) is 12.1 Å². The maximum absolute atomic E-state index is 10.9. The van der Waals surface area contributed by atoms with Crippen molar-refractivity contribution >= 4 is 5.78 Å². The third-order valence-corrected chi connectivity index (χ3v) is 1.69. The van der Waals surface area contributed by atoms with Gasteiger partial charge in [0.2, 0.25) is 17.5 Å². The number of aromatic nitrogens is 2. The van der Waals surface area contributed by atoms with E-state index < -0.39 is 0 Å². The number of Topliss-reactive ketones (excluding diaryl/α,β-unsaturated/α-hetero) is 1. The lowest BCUT2D eigenvalue weighted by Gasteiger charge is -1.86. The predicted molar refractivity (Wildman–Crippen MR) is 45.8 cm³/mol. The summed E-state index contributed by atoms with van der Waals surface area (Å²) in [4.78, 5) is 14.8. The van der Waals surface area contributed by atoms with Gasteiger partial charge in [0.1, 0.15) is 5.76 Å². The molecule has 0 spiro atoms. The first-order chi connectivity index (χ1) is 6.75. The molecule has 0 aliphatic rings. The van der Waals surface area contributed by atoms with Crippen LogP contribution in [0.15, 0.2) is 27.3 Å². The summed E-state index contributed by atoms with van der Waals surface area (Å²) in [6.07, 6.45) is 1.98. The van der Waals surface area contributed by atoms with Crippen LogP contribution >= 0.6 is 0 Å². The molecule has 0 saturated heterocycles. The van der Waals surface area contributed by atoms with E-state index in [4.69, 9.17) is 8.94 Å². The minimum Gasteiger partial charge on any atom is -0.469 e. The van der Waals surface area contributed by atoms with E-state index in [0.717, 1.165) is 5.76 Å². The van der Waals surface area contributed by atoms with Crippen LogP contribution in [-0.2, 0) is 6.42 Å². The van der Waals surface area contributed by atoms with Crippen molar-refractivity contribution in [1.82, 2.24) is 10.1 Å². The summed E-state index contributed by atoms with van der Waals surface area (Å²) in [6, 6.07) is 3.58. The number of hydrogen-bond acceptors (Lipinski definition) is 5. The second-order valence-corrected chi connectivity index (χ2v) is 2.82. The van der Waals surface area contributed by atoms with E-state index in [1.54, 1.807) is 18.4 Å². The number of ketones is 1. The van der Waals surface area contributed by atoms with Gasteiger partial charge in [-0.2, -0.15) is 4.98 Å². The first-order valence-corrected chi connectivity index (χ1v) is 4.11. The van der Waals surface area contributed by atoms with Gasteiger partial charge in [-0.25, -0.2) is 0 Å². The van der Waals surface area contributed by atoms with Crippen molar-refractivity contribution in [2.45, 2.75) is 13.3 Å². The molecule has 0 saturated carbocycles. The molecular formula is C9H8N2O3. The number of carbonyl (C=O) groups excluding carboxylic acids is 1. The molecule has 5 nitrogen and oxygen atoms in total. The normalized spacial score (nSPS) is 10.4. The van der Waals surface area contributed by atoms with Crippen LogP contribution in [0.1, 0.15) is 29.2 Å². The van der Waals surface area contributed by atoms with Crippen molar-refractivity contribution < 1.29 is 13.7 Å². The van der Waals surface area contributed by atoms with Crippen molar-refractivity contribution in [3.05, 3.63) is 35.9 Å². The zero-order valence-corrected chi connectivity index (χ0v) is 7.56. The number of hydrogen-bond donors (Lipinski definition) is 0. The lowest BCUT2D eigenvalue weighted by atomic mass is 10.3. The van der Waals surface area contributed by atoms with Crippen molar-refractivity contribution in [1.29, 1.82) is 0 Å². The Morgan fingerprint density at radius 3 is 3.00 bits per heavy atom. The van der Waals surface area contributed by atoms with Gasteiger partial charge in [0, 0.05) is 6.92 Å². The zero-order valence-electron chi connectivity index (χ0n) is 7.56. The van der Waals surface area contributed by atoms with Crippen molar-refractivity contribution in [3.63, 3.8) is 0 Å². The maximum Gasteiger partial charge on any atom is 0.238 e.